The molecule has 3 atom stereocenters. The van der Waals surface area contributed by atoms with E-state index in [-0.39, 0.29) is 21.2 Å². The van der Waals surface area contributed by atoms with Crippen LogP contribution in [-0.2, 0) is 10.5 Å². The highest BCUT2D eigenvalue weighted by Gasteiger charge is 2.59. The second-order valence-electron chi connectivity index (χ2n) is 6.35. The van der Waals surface area contributed by atoms with Crippen molar-refractivity contribution in [3.63, 3.8) is 0 Å². The summed E-state index contributed by atoms with van der Waals surface area (Å²) < 4.78 is 53.5. The molecule has 1 heterocycles. The number of hydrogen-bond donors (Lipinski definition) is 3. The van der Waals surface area contributed by atoms with Gasteiger partial charge in [0.25, 0.3) is 0 Å². The van der Waals surface area contributed by atoms with E-state index in [0.717, 1.165) is 24.3 Å². The molecule has 0 aliphatic carbocycles. The molecule has 5 nitrogen and oxygen atoms in total. The minimum Gasteiger partial charge on any atom is -0.366 e. The second-order valence-corrected chi connectivity index (χ2v) is 7.20. The Kier molecular flexibility index (Phi) is 5.50. The van der Waals surface area contributed by atoms with Crippen molar-refractivity contribution in [2.45, 2.75) is 17.9 Å². The van der Waals surface area contributed by atoms with E-state index in [4.69, 9.17) is 23.2 Å². The number of Topliss-reactive ketones (excluding diaryl/α,β-unsaturated/α-hetero) is 1. The number of rotatable bonds is 3. The molecule has 0 unspecified atom stereocenters. The highest BCUT2D eigenvalue weighted by molar-refractivity contribution is 6.35. The third kappa shape index (κ3) is 4.03. The molecule has 154 valence electrons. The van der Waals surface area contributed by atoms with Gasteiger partial charge >= 0.3 is 12.2 Å². The van der Waals surface area contributed by atoms with Crippen molar-refractivity contribution >= 4 is 35.0 Å². The van der Waals surface area contributed by atoms with E-state index >= 15 is 0 Å². The normalized spacial score (nSPS) is 24.6. The summed E-state index contributed by atoms with van der Waals surface area (Å²) in [5.41, 5.74) is -3.17. The minimum absolute atomic E-state index is 0.0611. The number of carbonyl (C=O) groups is 2. The van der Waals surface area contributed by atoms with Gasteiger partial charge in [-0.05, 0) is 29.8 Å². The maximum absolute atomic E-state index is 13.4. The van der Waals surface area contributed by atoms with Crippen LogP contribution in [0.15, 0.2) is 42.5 Å². The molecule has 2 aromatic rings. The van der Waals surface area contributed by atoms with E-state index in [9.17, 15) is 32.3 Å². The van der Waals surface area contributed by atoms with Gasteiger partial charge < -0.3 is 15.7 Å². The number of benzene rings is 2. The third-order valence-corrected chi connectivity index (χ3v) is 5.08. The maximum atomic E-state index is 13.4. The first-order chi connectivity index (χ1) is 13.4. The number of carbonyl (C=O) groups excluding carboxylic acids is 2. The Morgan fingerprint density at radius 3 is 2.28 bits per heavy atom. The van der Waals surface area contributed by atoms with Crippen LogP contribution < -0.4 is 10.6 Å². The number of amides is 2. The van der Waals surface area contributed by atoms with Crippen molar-refractivity contribution in [1.82, 2.24) is 10.6 Å². The predicted molar refractivity (Wildman–Crippen MR) is 95.7 cm³/mol. The molecule has 2 amide bonds. The van der Waals surface area contributed by atoms with E-state index in [2.05, 4.69) is 5.32 Å². The highest BCUT2D eigenvalue weighted by Crippen LogP contribution is 2.44. The summed E-state index contributed by atoms with van der Waals surface area (Å²) in [5.74, 6) is -5.31. The average molecular weight is 451 g/mol. The first kappa shape index (κ1) is 21.4. The smallest absolute Gasteiger partial charge is 0.366 e. The summed E-state index contributed by atoms with van der Waals surface area (Å²) >= 11 is 11.9. The Hall–Kier alpha value is -2.36. The van der Waals surface area contributed by atoms with E-state index in [0.29, 0.717) is 0 Å². The van der Waals surface area contributed by atoms with E-state index in [1.807, 2.05) is 5.32 Å². The van der Waals surface area contributed by atoms with Gasteiger partial charge in [-0.2, -0.15) is 13.2 Å². The molecule has 3 rings (SSSR count). The lowest BCUT2D eigenvalue weighted by Gasteiger charge is -2.45. The summed E-state index contributed by atoms with van der Waals surface area (Å²) in [6.45, 7) is 0. The van der Waals surface area contributed by atoms with Crippen molar-refractivity contribution in [2.24, 2.45) is 5.92 Å². The van der Waals surface area contributed by atoms with Crippen molar-refractivity contribution in [3.8, 4) is 0 Å². The molecule has 1 fully saturated rings. The molecule has 29 heavy (non-hydrogen) atoms. The van der Waals surface area contributed by atoms with E-state index < -0.39 is 41.5 Å². The molecule has 11 heteroatoms. The van der Waals surface area contributed by atoms with Crippen molar-refractivity contribution in [3.05, 3.63) is 69.5 Å². The summed E-state index contributed by atoms with van der Waals surface area (Å²) in [5, 5.41) is 15.3. The molecule has 1 saturated heterocycles. The van der Waals surface area contributed by atoms with Crippen molar-refractivity contribution in [2.75, 3.05) is 0 Å². The number of alkyl halides is 3. The fourth-order valence-electron chi connectivity index (χ4n) is 3.24. The van der Waals surface area contributed by atoms with Crippen LogP contribution in [-0.4, -0.2) is 23.1 Å². The SMILES string of the molecule is O=C1N[C@H](c2ccc(Cl)cc2Cl)[C@@H](C(=O)C(F)(F)F)[C@](O)(c2ccc(F)cc2)N1. The molecule has 3 N–H and O–H groups in total. The first-order valence-electron chi connectivity index (χ1n) is 8.06. The zero-order valence-electron chi connectivity index (χ0n) is 14.2. The van der Waals surface area contributed by atoms with Gasteiger partial charge in [-0.1, -0.05) is 41.4 Å². The number of urea groups is 1. The lowest BCUT2D eigenvalue weighted by atomic mass is 9.76. The topological polar surface area (TPSA) is 78.4 Å². The van der Waals surface area contributed by atoms with Crippen LogP contribution in [0.1, 0.15) is 17.2 Å². The summed E-state index contributed by atoms with van der Waals surface area (Å²) in [7, 11) is 0. The van der Waals surface area contributed by atoms with Gasteiger partial charge in [0, 0.05) is 15.6 Å². The van der Waals surface area contributed by atoms with Gasteiger partial charge in [-0.3, -0.25) is 4.79 Å². The van der Waals surface area contributed by atoms with Crippen LogP contribution in [0.5, 0.6) is 0 Å². The summed E-state index contributed by atoms with van der Waals surface area (Å²) in [6, 6.07) is 4.75. The molecule has 0 bridgehead atoms. The summed E-state index contributed by atoms with van der Waals surface area (Å²) in [4.78, 5) is 24.5. The van der Waals surface area contributed by atoms with Gasteiger partial charge in [0.15, 0.2) is 5.72 Å². The zero-order valence-corrected chi connectivity index (χ0v) is 15.7. The van der Waals surface area contributed by atoms with Crippen LogP contribution in [0.25, 0.3) is 0 Å². The largest absolute Gasteiger partial charge is 0.450 e. The maximum Gasteiger partial charge on any atom is 0.450 e. The van der Waals surface area contributed by atoms with Crippen LogP contribution in [0.2, 0.25) is 10.0 Å². The Balaban J connectivity index is 2.22. The average Bonchev–Trinajstić information content (AvgIpc) is 2.60. The van der Waals surface area contributed by atoms with Crippen LogP contribution in [0, 0.1) is 11.7 Å². The molecule has 2 aromatic carbocycles. The Morgan fingerprint density at radius 2 is 1.72 bits per heavy atom. The standard InChI is InChI=1S/C18H12Cl2F4N2O3/c19-9-3-6-11(12(20)7-9)14-13(15(27)18(22,23)24)17(29,26-16(28)25-14)8-1-4-10(21)5-2-8/h1-7,13-14,29H,(H2,25,26,28)/t13-,14+,17+/m0/s1. The van der Waals surface area contributed by atoms with Crippen LogP contribution >= 0.6 is 23.2 Å². The molecule has 0 saturated carbocycles. The lowest BCUT2D eigenvalue weighted by Crippen LogP contribution is -2.66. The number of halogens is 6. The van der Waals surface area contributed by atoms with Crippen molar-refractivity contribution < 1.29 is 32.3 Å². The predicted octanol–water partition coefficient (Wildman–Crippen LogP) is 4.08. The molecule has 0 spiro atoms. The molecular weight excluding hydrogens is 439 g/mol. The quantitative estimate of drug-likeness (QED) is 0.616. The number of hydrogen-bond acceptors (Lipinski definition) is 3. The highest BCUT2D eigenvalue weighted by atomic mass is 35.5. The van der Waals surface area contributed by atoms with Gasteiger partial charge in [0.2, 0.25) is 5.78 Å². The molecular formula is C18H12Cl2F4N2O3. The van der Waals surface area contributed by atoms with E-state index in [1.54, 1.807) is 0 Å². The molecule has 0 radical (unpaired) electrons. The van der Waals surface area contributed by atoms with Gasteiger partial charge in [-0.25, -0.2) is 9.18 Å². The van der Waals surface area contributed by atoms with Gasteiger partial charge in [0.1, 0.15) is 11.7 Å². The number of nitrogens with one attached hydrogen (secondary N) is 2. The first-order valence-corrected chi connectivity index (χ1v) is 8.82. The molecule has 1 aliphatic heterocycles. The van der Waals surface area contributed by atoms with Crippen molar-refractivity contribution in [1.29, 1.82) is 0 Å². The fourth-order valence-corrected chi connectivity index (χ4v) is 3.76. The zero-order chi connectivity index (χ0) is 21.6. The van der Waals surface area contributed by atoms with Gasteiger partial charge in [-0.15, -0.1) is 0 Å². The van der Waals surface area contributed by atoms with Crippen LogP contribution in [0.3, 0.4) is 0 Å². The second kappa shape index (κ2) is 7.47. The molecule has 1 aliphatic rings. The van der Waals surface area contributed by atoms with Crippen LogP contribution in [0.4, 0.5) is 22.4 Å². The number of aliphatic hydroxyl groups is 1. The lowest BCUT2D eigenvalue weighted by molar-refractivity contribution is -0.190. The Labute approximate surface area is 171 Å². The monoisotopic (exact) mass is 450 g/mol. The third-order valence-electron chi connectivity index (χ3n) is 4.52. The Morgan fingerprint density at radius 1 is 1.10 bits per heavy atom. The fraction of sp³-hybridized carbons (Fsp3) is 0.222. The number of ketones is 1. The van der Waals surface area contributed by atoms with E-state index in [1.165, 1.54) is 18.2 Å². The Bertz CT molecular complexity index is 969. The summed E-state index contributed by atoms with van der Waals surface area (Å²) in [6.07, 6.45) is -5.35. The molecule has 0 aromatic heterocycles. The van der Waals surface area contributed by atoms with Gasteiger partial charge in [0.05, 0.1) is 6.04 Å². The minimum atomic E-state index is -5.35.